The van der Waals surface area contributed by atoms with Crippen molar-refractivity contribution in [3.8, 4) is 11.5 Å². The molecule has 2 fully saturated rings. The maximum Gasteiger partial charge on any atom is 0.435 e. The van der Waals surface area contributed by atoms with E-state index in [9.17, 15) is 53.1 Å². The van der Waals surface area contributed by atoms with Crippen LogP contribution in [0.3, 0.4) is 0 Å². The largest absolute Gasteiger partial charge is 0.457 e. The van der Waals surface area contributed by atoms with Crippen molar-refractivity contribution in [2.75, 3.05) is 20.3 Å². The van der Waals surface area contributed by atoms with Gasteiger partial charge in [-0.15, -0.1) is 0 Å². The molecule has 17 heteroatoms. The van der Waals surface area contributed by atoms with Crippen molar-refractivity contribution in [3.63, 3.8) is 0 Å². The highest BCUT2D eigenvalue weighted by Gasteiger charge is 2.85. The molecule has 6 nitrogen and oxygen atoms in total. The summed E-state index contributed by atoms with van der Waals surface area (Å²) in [7, 11) is 1.00. The number of alkyl halides is 9. The molecule has 0 spiro atoms. The fourth-order valence-corrected chi connectivity index (χ4v) is 8.35. The van der Waals surface area contributed by atoms with Crippen LogP contribution in [0.25, 0.3) is 0 Å². The summed E-state index contributed by atoms with van der Waals surface area (Å²) in [6.07, 6.45) is -17.1. The van der Waals surface area contributed by atoms with Crippen molar-refractivity contribution >= 4 is 5.97 Å². The minimum atomic E-state index is -6.78. The quantitative estimate of drug-likeness (QED) is 0.154. The number of aliphatic hydroxyl groups excluding tert-OH is 1. The number of fused-ring (bicyclic) bond motifs is 5. The van der Waals surface area contributed by atoms with Crippen LogP contribution in [0.1, 0.15) is 107 Å². The second-order valence-corrected chi connectivity index (χ2v) is 15.0. The van der Waals surface area contributed by atoms with E-state index >= 15 is 0 Å². The van der Waals surface area contributed by atoms with Crippen molar-refractivity contribution in [2.24, 2.45) is 17.3 Å². The SMILES string of the molecule is CC.CC(C)(C)OC(=O)c1c(F)cc(Oc2ccc3c(c2)CCC2C3CCC3(C)C(OCCCOC(C(F)(F)F)(C(F)(F)F)C(F)(F)F)CCC23)cc1F.CO. The number of aryl methyl sites for hydroxylation is 1. The predicted molar refractivity (Wildman–Crippen MR) is 183 cm³/mol. The third-order valence-electron chi connectivity index (χ3n) is 10.6. The third-order valence-corrected chi connectivity index (χ3v) is 10.6. The van der Waals surface area contributed by atoms with Crippen molar-refractivity contribution in [1.82, 2.24) is 0 Å². The van der Waals surface area contributed by atoms with Crippen LogP contribution in [0.15, 0.2) is 30.3 Å². The van der Waals surface area contributed by atoms with Gasteiger partial charge in [-0.05, 0) is 112 Å². The van der Waals surface area contributed by atoms with Crippen LogP contribution < -0.4 is 4.74 Å². The van der Waals surface area contributed by atoms with Crippen LogP contribution in [0.4, 0.5) is 48.3 Å². The fourth-order valence-electron chi connectivity index (χ4n) is 8.35. The number of aliphatic hydroxyl groups is 1. The molecule has 0 heterocycles. The molecular weight excluding hydrogens is 773 g/mol. The van der Waals surface area contributed by atoms with Crippen LogP contribution in [0, 0.1) is 28.9 Å². The van der Waals surface area contributed by atoms with Crippen molar-refractivity contribution in [3.05, 3.63) is 58.7 Å². The molecule has 0 radical (unpaired) electrons. The van der Waals surface area contributed by atoms with Gasteiger partial charge < -0.3 is 24.1 Å². The smallest absolute Gasteiger partial charge is 0.435 e. The molecule has 318 valence electrons. The summed E-state index contributed by atoms with van der Waals surface area (Å²) in [5, 5.41) is 7.00. The second kappa shape index (κ2) is 17.8. The molecule has 0 aliphatic heterocycles. The number of rotatable bonds is 9. The summed E-state index contributed by atoms with van der Waals surface area (Å²) < 4.78 is 168. The number of benzene rings is 2. The first-order chi connectivity index (χ1) is 25.9. The average molecular weight is 823 g/mol. The third kappa shape index (κ3) is 9.57. The van der Waals surface area contributed by atoms with Gasteiger partial charge in [0.1, 0.15) is 34.3 Å². The monoisotopic (exact) mass is 822 g/mol. The summed E-state index contributed by atoms with van der Waals surface area (Å²) >= 11 is 0. The molecule has 1 N–H and O–H groups in total. The number of hydrogen-bond acceptors (Lipinski definition) is 6. The summed E-state index contributed by atoms with van der Waals surface area (Å²) in [6.45, 7) is 8.89. The van der Waals surface area contributed by atoms with Crippen LogP contribution in [-0.2, 0) is 20.6 Å². The normalized spacial score (nSPS) is 23.7. The van der Waals surface area contributed by atoms with Gasteiger partial charge in [0.15, 0.2) is 0 Å². The van der Waals surface area contributed by atoms with E-state index in [0.717, 1.165) is 49.6 Å². The Morgan fingerprint density at radius 1 is 0.804 bits per heavy atom. The van der Waals surface area contributed by atoms with Crippen LogP contribution >= 0.6 is 0 Å². The number of carbonyl (C=O) groups excluding carboxylic acids is 1. The van der Waals surface area contributed by atoms with Gasteiger partial charge >= 0.3 is 30.1 Å². The van der Waals surface area contributed by atoms with Gasteiger partial charge in [-0.3, -0.25) is 0 Å². The number of ether oxygens (including phenoxy) is 4. The molecule has 0 amide bonds. The lowest BCUT2D eigenvalue weighted by molar-refractivity contribution is -0.457. The lowest BCUT2D eigenvalue weighted by atomic mass is 9.55. The van der Waals surface area contributed by atoms with E-state index in [1.165, 1.54) is 0 Å². The first-order valence-electron chi connectivity index (χ1n) is 18.3. The molecule has 0 saturated heterocycles. The molecule has 3 aliphatic rings. The molecule has 5 rings (SSSR count). The zero-order valence-electron chi connectivity index (χ0n) is 32.2. The number of carbonyl (C=O) groups is 1. The second-order valence-electron chi connectivity index (χ2n) is 15.0. The topological polar surface area (TPSA) is 74.2 Å². The molecule has 56 heavy (non-hydrogen) atoms. The van der Waals surface area contributed by atoms with E-state index < -0.39 is 72.0 Å². The van der Waals surface area contributed by atoms with Crippen molar-refractivity contribution in [2.45, 2.75) is 128 Å². The van der Waals surface area contributed by atoms with Gasteiger partial charge in [0.25, 0.3) is 0 Å². The first-order valence-corrected chi connectivity index (χ1v) is 18.3. The predicted octanol–water partition coefficient (Wildman–Crippen LogP) is 11.4. The van der Waals surface area contributed by atoms with Gasteiger partial charge in [0.2, 0.25) is 0 Å². The van der Waals surface area contributed by atoms with E-state index in [-0.39, 0.29) is 35.5 Å². The summed E-state index contributed by atoms with van der Waals surface area (Å²) in [5.74, 6) is -2.61. The van der Waals surface area contributed by atoms with E-state index in [1.807, 2.05) is 32.9 Å². The van der Waals surface area contributed by atoms with Gasteiger partial charge in [-0.25, -0.2) is 13.6 Å². The zero-order chi connectivity index (χ0) is 42.7. The molecule has 2 aromatic carbocycles. The Kier molecular flexibility index (Phi) is 15.0. The van der Waals surface area contributed by atoms with Gasteiger partial charge in [0, 0.05) is 25.8 Å². The molecular formula is C39H49F11O6. The fraction of sp³-hybridized carbons (Fsp3) is 0.667. The van der Waals surface area contributed by atoms with Crippen molar-refractivity contribution in [1.29, 1.82) is 0 Å². The first kappa shape index (κ1) is 47.2. The lowest BCUT2D eigenvalue weighted by Crippen LogP contribution is -2.67. The molecule has 5 atom stereocenters. The maximum atomic E-state index is 14.8. The summed E-state index contributed by atoms with van der Waals surface area (Å²) in [5.41, 5.74) is -6.33. The average Bonchev–Trinajstić information content (AvgIpc) is 3.41. The Balaban J connectivity index is 0.00000204. The molecule has 0 bridgehead atoms. The number of halogens is 11. The van der Waals surface area contributed by atoms with Gasteiger partial charge in [-0.1, -0.05) is 26.8 Å². The lowest BCUT2D eigenvalue weighted by Gasteiger charge is -2.50. The molecule has 5 unspecified atom stereocenters. The Morgan fingerprint density at radius 2 is 1.38 bits per heavy atom. The molecule has 0 aromatic heterocycles. The number of hydrogen-bond donors (Lipinski definition) is 1. The van der Waals surface area contributed by atoms with E-state index in [0.29, 0.717) is 25.0 Å². The summed E-state index contributed by atoms with van der Waals surface area (Å²) in [6, 6.07) is 7.24. The van der Waals surface area contributed by atoms with Gasteiger partial charge in [0.05, 0.1) is 12.7 Å². The highest BCUT2D eigenvalue weighted by molar-refractivity contribution is 5.90. The Morgan fingerprint density at radius 3 is 1.91 bits per heavy atom. The molecule has 2 aromatic rings. The maximum absolute atomic E-state index is 14.8. The van der Waals surface area contributed by atoms with E-state index in [2.05, 4.69) is 4.74 Å². The van der Waals surface area contributed by atoms with E-state index in [4.69, 9.17) is 19.3 Å². The highest BCUT2D eigenvalue weighted by Crippen LogP contribution is 2.62. The Bertz CT molecular complexity index is 1570. The summed E-state index contributed by atoms with van der Waals surface area (Å²) in [4.78, 5) is 12.3. The number of esters is 1. The van der Waals surface area contributed by atoms with E-state index in [1.54, 1.807) is 26.8 Å². The highest BCUT2D eigenvalue weighted by atomic mass is 19.4. The Labute approximate surface area is 319 Å². The molecule has 2 saturated carbocycles. The minimum absolute atomic E-state index is 0.145. The van der Waals surface area contributed by atoms with Crippen LogP contribution in [0.5, 0.6) is 11.5 Å². The zero-order valence-corrected chi connectivity index (χ0v) is 32.2. The Hall–Kier alpha value is -3.18. The van der Waals surface area contributed by atoms with Crippen LogP contribution in [0.2, 0.25) is 0 Å². The minimum Gasteiger partial charge on any atom is -0.457 e. The standard InChI is InChI=1S/C36H39F11O5.C2H6.CH4O/c1-31(2,3)52-30(48)29-26(37)17-21(18-27(29)38)51-20-7-9-22-19(16-20)6-8-24-23(22)12-13-32(4)25(24)10-11-28(32)49-14-5-15-50-33(34(39,40)41,35(42,43)44)36(45,46)47;2*1-2/h7,9,16-18,23-25,28H,5-6,8,10-15H2,1-4H3;1-2H3;2H,1H3. The molecule has 3 aliphatic carbocycles. The van der Waals surface area contributed by atoms with Crippen LogP contribution in [-0.4, -0.2) is 67.2 Å². The van der Waals surface area contributed by atoms with Gasteiger partial charge in [-0.2, -0.15) is 39.5 Å². The van der Waals surface area contributed by atoms with Crippen molar-refractivity contribution < 1.29 is 77.1 Å².